The summed E-state index contributed by atoms with van der Waals surface area (Å²) in [5, 5.41) is 11.0. The standard InChI is InChI=1S/C21H23N3O3S2/c1-5-26-19(25)14-11-15(13-9-7-6-8-10-13)29-18(14)23-20(28)22-17-12-16(27-24-17)21(2,3)4/h6-12H,5H2,1-4H3,(H2,22,23,24,28). The van der Waals surface area contributed by atoms with E-state index < -0.39 is 5.97 Å². The average molecular weight is 430 g/mol. The topological polar surface area (TPSA) is 76.4 Å². The van der Waals surface area contributed by atoms with E-state index in [4.69, 9.17) is 21.5 Å². The van der Waals surface area contributed by atoms with E-state index in [2.05, 4.69) is 15.8 Å². The minimum Gasteiger partial charge on any atom is -0.462 e. The molecule has 0 bridgehead atoms. The maximum atomic E-state index is 12.4. The molecule has 29 heavy (non-hydrogen) atoms. The van der Waals surface area contributed by atoms with Crippen molar-refractivity contribution in [3.63, 3.8) is 0 Å². The smallest absolute Gasteiger partial charge is 0.341 e. The normalized spacial score (nSPS) is 11.2. The summed E-state index contributed by atoms with van der Waals surface area (Å²) in [6, 6.07) is 13.5. The summed E-state index contributed by atoms with van der Waals surface area (Å²) in [5.74, 6) is 0.857. The molecule has 2 heterocycles. The second kappa shape index (κ2) is 8.75. The Hall–Kier alpha value is -2.71. The zero-order valence-electron chi connectivity index (χ0n) is 16.7. The fourth-order valence-corrected chi connectivity index (χ4v) is 3.85. The number of nitrogens with zero attached hydrogens (tertiary/aromatic N) is 1. The van der Waals surface area contributed by atoms with Crippen molar-refractivity contribution in [3.8, 4) is 10.4 Å². The quantitative estimate of drug-likeness (QED) is 0.399. The fraction of sp³-hybridized carbons (Fsp3) is 0.286. The molecule has 2 N–H and O–H groups in total. The number of benzene rings is 1. The Morgan fingerprint density at radius 2 is 1.93 bits per heavy atom. The number of anilines is 2. The molecule has 1 aromatic carbocycles. The van der Waals surface area contributed by atoms with Gasteiger partial charge in [-0.05, 0) is 30.8 Å². The minimum absolute atomic E-state index is 0.155. The highest BCUT2D eigenvalue weighted by Crippen LogP contribution is 2.36. The van der Waals surface area contributed by atoms with Crippen molar-refractivity contribution in [2.45, 2.75) is 33.1 Å². The summed E-state index contributed by atoms with van der Waals surface area (Å²) >= 11 is 6.84. The van der Waals surface area contributed by atoms with Crippen LogP contribution in [0.1, 0.15) is 43.8 Å². The van der Waals surface area contributed by atoms with Crippen LogP contribution in [0, 0.1) is 0 Å². The van der Waals surface area contributed by atoms with E-state index in [1.54, 1.807) is 6.92 Å². The Kier molecular flexibility index (Phi) is 6.34. The molecule has 6 nitrogen and oxygen atoms in total. The predicted molar refractivity (Wildman–Crippen MR) is 121 cm³/mol. The SMILES string of the molecule is CCOC(=O)c1cc(-c2ccccc2)sc1NC(=S)Nc1cc(C(C)(C)C)on1. The summed E-state index contributed by atoms with van der Waals surface area (Å²) < 4.78 is 10.6. The Bertz CT molecular complexity index is 1000. The van der Waals surface area contributed by atoms with Gasteiger partial charge in [-0.3, -0.25) is 0 Å². The summed E-state index contributed by atoms with van der Waals surface area (Å²) in [5.41, 5.74) is 1.30. The van der Waals surface area contributed by atoms with Gasteiger partial charge in [-0.2, -0.15) is 0 Å². The van der Waals surface area contributed by atoms with Crippen molar-refractivity contribution in [1.82, 2.24) is 5.16 Å². The Balaban J connectivity index is 1.81. The number of rotatable bonds is 5. The number of esters is 1. The lowest BCUT2D eigenvalue weighted by Crippen LogP contribution is -2.20. The summed E-state index contributed by atoms with van der Waals surface area (Å²) in [6.07, 6.45) is 0. The molecule has 0 atom stereocenters. The van der Waals surface area contributed by atoms with Crippen LogP contribution in [0.15, 0.2) is 47.0 Å². The Morgan fingerprint density at radius 3 is 2.55 bits per heavy atom. The van der Waals surface area contributed by atoms with Gasteiger partial charge in [-0.25, -0.2) is 4.79 Å². The highest BCUT2D eigenvalue weighted by molar-refractivity contribution is 7.80. The molecule has 2 aromatic heterocycles. The van der Waals surface area contributed by atoms with E-state index in [0.29, 0.717) is 28.1 Å². The zero-order valence-corrected chi connectivity index (χ0v) is 18.4. The van der Waals surface area contributed by atoms with Gasteiger partial charge in [0.25, 0.3) is 0 Å². The highest BCUT2D eigenvalue weighted by atomic mass is 32.1. The first-order chi connectivity index (χ1) is 13.8. The molecule has 0 unspecified atom stereocenters. The van der Waals surface area contributed by atoms with Gasteiger partial charge in [0.15, 0.2) is 10.9 Å². The number of hydrogen-bond donors (Lipinski definition) is 2. The second-order valence-electron chi connectivity index (χ2n) is 7.35. The first-order valence-electron chi connectivity index (χ1n) is 9.19. The number of carbonyl (C=O) groups excluding carboxylic acids is 1. The van der Waals surface area contributed by atoms with Crippen molar-refractivity contribution in [1.29, 1.82) is 0 Å². The molecule has 0 amide bonds. The molecule has 0 aliphatic rings. The molecule has 0 saturated heterocycles. The molecule has 0 aliphatic heterocycles. The van der Waals surface area contributed by atoms with Gasteiger partial charge in [0.05, 0.1) is 12.2 Å². The molecular weight excluding hydrogens is 406 g/mol. The first-order valence-corrected chi connectivity index (χ1v) is 10.4. The average Bonchev–Trinajstić information content (AvgIpc) is 3.30. The first kappa shape index (κ1) is 21.0. The third-order valence-corrected chi connectivity index (χ3v) is 5.31. The minimum atomic E-state index is -0.396. The highest BCUT2D eigenvalue weighted by Gasteiger charge is 2.21. The number of thiocarbonyl (C=S) groups is 1. The van der Waals surface area contributed by atoms with Crippen LogP contribution in [0.2, 0.25) is 0 Å². The fourth-order valence-electron chi connectivity index (χ4n) is 2.53. The molecule has 8 heteroatoms. The van der Waals surface area contributed by atoms with Crippen LogP contribution in [0.5, 0.6) is 0 Å². The lowest BCUT2D eigenvalue weighted by atomic mass is 9.93. The van der Waals surface area contributed by atoms with Crippen molar-refractivity contribution in [2.24, 2.45) is 0 Å². The van der Waals surface area contributed by atoms with Gasteiger partial charge >= 0.3 is 5.97 Å². The van der Waals surface area contributed by atoms with Crippen molar-refractivity contribution in [2.75, 3.05) is 17.2 Å². The second-order valence-corrected chi connectivity index (χ2v) is 8.81. The van der Waals surface area contributed by atoms with Crippen molar-refractivity contribution >= 4 is 45.5 Å². The van der Waals surface area contributed by atoms with E-state index in [1.807, 2.05) is 63.2 Å². The maximum Gasteiger partial charge on any atom is 0.341 e. The van der Waals surface area contributed by atoms with E-state index in [-0.39, 0.29) is 5.41 Å². The number of ether oxygens (including phenoxy) is 1. The molecule has 0 saturated carbocycles. The molecule has 0 aliphatic carbocycles. The molecule has 152 valence electrons. The Morgan fingerprint density at radius 1 is 1.21 bits per heavy atom. The number of nitrogens with one attached hydrogen (secondary N) is 2. The van der Waals surface area contributed by atoms with Crippen LogP contribution in [0.4, 0.5) is 10.8 Å². The van der Waals surface area contributed by atoms with Crippen molar-refractivity contribution in [3.05, 3.63) is 53.8 Å². The number of hydrogen-bond acceptors (Lipinski definition) is 6. The Labute approximate surface area is 179 Å². The van der Waals surface area contributed by atoms with Gasteiger partial charge in [-0.1, -0.05) is 56.3 Å². The zero-order chi connectivity index (χ0) is 21.0. The molecular formula is C21H23N3O3S2. The van der Waals surface area contributed by atoms with Crippen molar-refractivity contribution < 1.29 is 14.1 Å². The number of carbonyl (C=O) groups is 1. The lowest BCUT2D eigenvalue weighted by molar-refractivity contribution is 0.0528. The van der Waals surface area contributed by atoms with E-state index in [1.165, 1.54) is 11.3 Å². The van der Waals surface area contributed by atoms with Gasteiger partial charge in [0.1, 0.15) is 10.8 Å². The van der Waals surface area contributed by atoms with E-state index in [0.717, 1.165) is 16.2 Å². The van der Waals surface area contributed by atoms with Gasteiger partial charge < -0.3 is 19.9 Å². The van der Waals surface area contributed by atoms with Gasteiger partial charge in [0, 0.05) is 16.4 Å². The van der Waals surface area contributed by atoms with Crippen LogP contribution in [0.3, 0.4) is 0 Å². The van der Waals surface area contributed by atoms with Crippen LogP contribution < -0.4 is 10.6 Å². The van der Waals surface area contributed by atoms with Crippen LogP contribution in [0.25, 0.3) is 10.4 Å². The largest absolute Gasteiger partial charge is 0.462 e. The third-order valence-electron chi connectivity index (χ3n) is 4.00. The maximum absolute atomic E-state index is 12.4. The molecule has 0 radical (unpaired) electrons. The summed E-state index contributed by atoms with van der Waals surface area (Å²) in [7, 11) is 0. The molecule has 0 spiro atoms. The number of thiophene rings is 1. The van der Waals surface area contributed by atoms with E-state index in [9.17, 15) is 4.79 Å². The lowest BCUT2D eigenvalue weighted by Gasteiger charge is -2.12. The van der Waals surface area contributed by atoms with Crippen LogP contribution in [-0.2, 0) is 10.2 Å². The molecule has 3 aromatic rings. The molecule has 3 rings (SSSR count). The summed E-state index contributed by atoms with van der Waals surface area (Å²) in [6.45, 7) is 8.19. The van der Waals surface area contributed by atoms with Gasteiger partial charge in [0.2, 0.25) is 0 Å². The predicted octanol–water partition coefficient (Wildman–Crippen LogP) is 5.69. The van der Waals surface area contributed by atoms with E-state index >= 15 is 0 Å². The van der Waals surface area contributed by atoms with Gasteiger partial charge in [-0.15, -0.1) is 11.3 Å². The molecule has 0 fully saturated rings. The van der Waals surface area contributed by atoms with Crippen LogP contribution in [-0.4, -0.2) is 22.8 Å². The third kappa shape index (κ3) is 5.21. The monoisotopic (exact) mass is 429 g/mol. The van der Waals surface area contributed by atoms with Crippen LogP contribution >= 0.6 is 23.6 Å². The summed E-state index contributed by atoms with van der Waals surface area (Å²) in [4.78, 5) is 13.4. The number of aromatic nitrogens is 1.